The van der Waals surface area contributed by atoms with E-state index < -0.39 is 11.7 Å². The lowest BCUT2D eigenvalue weighted by molar-refractivity contribution is 0.0526. The molecule has 206 valence electrons. The summed E-state index contributed by atoms with van der Waals surface area (Å²) in [5, 5.41) is 7.11. The number of hydrogen-bond acceptors (Lipinski definition) is 9. The summed E-state index contributed by atoms with van der Waals surface area (Å²) in [6.07, 6.45) is 8.45. The summed E-state index contributed by atoms with van der Waals surface area (Å²) in [6, 6.07) is 4.05. The number of nitrogens with one attached hydrogen (secondary N) is 1. The SMILES string of the molecule is CN1CCN(c2nccn3c(-c4ccnc(CC(CCNC(=O)OC(C)(C)C)c5ccsc5)n4)cnc23)CC1. The summed E-state index contributed by atoms with van der Waals surface area (Å²) in [7, 11) is 2.14. The Hall–Kier alpha value is -3.57. The molecule has 1 saturated heterocycles. The third kappa shape index (κ3) is 6.72. The molecule has 1 unspecified atom stereocenters. The van der Waals surface area contributed by atoms with Crippen LogP contribution in [0.5, 0.6) is 0 Å². The topological polar surface area (TPSA) is 101 Å². The molecule has 1 aliphatic heterocycles. The molecule has 1 fully saturated rings. The highest BCUT2D eigenvalue weighted by Gasteiger charge is 2.21. The van der Waals surface area contributed by atoms with Gasteiger partial charge < -0.3 is 19.9 Å². The number of piperazine rings is 1. The van der Waals surface area contributed by atoms with Crippen LogP contribution in [0.4, 0.5) is 10.6 Å². The minimum Gasteiger partial charge on any atom is -0.444 e. The van der Waals surface area contributed by atoms with E-state index >= 15 is 0 Å². The standard InChI is InChI=1S/C28H36N8O2S/c1-28(2,3)38-27(37)31-8-5-20(21-7-16-39-19-21)17-24-29-9-6-22(33-24)23-18-32-26-25(30-10-11-36(23)26)35-14-12-34(4)13-15-35/h6-7,9-11,16,18-20H,5,8,12-15,17H2,1-4H3,(H,31,37). The first-order valence-corrected chi connectivity index (χ1v) is 14.3. The summed E-state index contributed by atoms with van der Waals surface area (Å²) >= 11 is 1.66. The van der Waals surface area contributed by atoms with Gasteiger partial charge in [-0.25, -0.2) is 24.7 Å². The highest BCUT2D eigenvalue weighted by Crippen LogP contribution is 2.28. The van der Waals surface area contributed by atoms with Crippen molar-refractivity contribution in [1.29, 1.82) is 0 Å². The molecule has 4 aromatic heterocycles. The number of anilines is 1. The first kappa shape index (κ1) is 27.0. The molecule has 1 amide bonds. The van der Waals surface area contributed by atoms with Gasteiger partial charge in [0.1, 0.15) is 11.4 Å². The summed E-state index contributed by atoms with van der Waals surface area (Å²) in [5.41, 5.74) is 3.26. The van der Waals surface area contributed by atoms with E-state index in [2.05, 4.69) is 53.4 Å². The number of nitrogens with zero attached hydrogens (tertiary/aromatic N) is 7. The molecule has 10 nitrogen and oxygen atoms in total. The molecule has 0 radical (unpaired) electrons. The van der Waals surface area contributed by atoms with E-state index in [1.165, 1.54) is 5.56 Å². The zero-order valence-electron chi connectivity index (χ0n) is 23.0. The predicted molar refractivity (Wildman–Crippen MR) is 153 cm³/mol. The number of likely N-dealkylation sites (N-methyl/N-ethyl adjacent to an activating group) is 1. The number of thiophene rings is 1. The van der Waals surface area contributed by atoms with E-state index in [0.717, 1.165) is 61.3 Å². The van der Waals surface area contributed by atoms with Crippen molar-refractivity contribution in [1.82, 2.24) is 34.6 Å². The van der Waals surface area contributed by atoms with Crippen molar-refractivity contribution in [3.63, 3.8) is 0 Å². The number of hydrogen-bond donors (Lipinski definition) is 1. The molecule has 5 heterocycles. The molecule has 39 heavy (non-hydrogen) atoms. The number of amides is 1. The lowest BCUT2D eigenvalue weighted by atomic mass is 9.94. The van der Waals surface area contributed by atoms with Crippen LogP contribution in [0.1, 0.15) is 44.5 Å². The van der Waals surface area contributed by atoms with Crippen molar-refractivity contribution in [2.75, 3.05) is 44.7 Å². The smallest absolute Gasteiger partial charge is 0.407 e. The van der Waals surface area contributed by atoms with Crippen molar-refractivity contribution in [2.24, 2.45) is 0 Å². The molecule has 0 spiro atoms. The third-order valence-corrected chi connectivity index (χ3v) is 7.49. The second kappa shape index (κ2) is 11.7. The van der Waals surface area contributed by atoms with Gasteiger partial charge in [0.15, 0.2) is 11.5 Å². The molecule has 1 aliphatic rings. The van der Waals surface area contributed by atoms with Crippen molar-refractivity contribution in [2.45, 2.75) is 45.1 Å². The Kier molecular flexibility index (Phi) is 8.08. The fraction of sp³-hybridized carbons (Fsp3) is 0.464. The number of ether oxygens (including phenoxy) is 1. The molecule has 5 rings (SSSR count). The molecular formula is C28H36N8O2S. The van der Waals surface area contributed by atoms with Crippen LogP contribution < -0.4 is 10.2 Å². The van der Waals surface area contributed by atoms with Gasteiger partial charge in [-0.1, -0.05) is 0 Å². The molecule has 0 bridgehead atoms. The first-order valence-electron chi connectivity index (χ1n) is 13.3. The summed E-state index contributed by atoms with van der Waals surface area (Å²) in [4.78, 5) is 35.7. The summed E-state index contributed by atoms with van der Waals surface area (Å²) in [6.45, 7) is 9.94. The zero-order chi connectivity index (χ0) is 27.4. The number of rotatable bonds is 8. The van der Waals surface area contributed by atoms with Crippen LogP contribution in [0.25, 0.3) is 17.0 Å². The van der Waals surface area contributed by atoms with Crippen molar-refractivity contribution in [3.05, 3.63) is 59.1 Å². The average Bonchev–Trinajstić information content (AvgIpc) is 3.58. The minimum atomic E-state index is -0.524. The van der Waals surface area contributed by atoms with Crippen LogP contribution in [-0.4, -0.2) is 80.7 Å². The highest BCUT2D eigenvalue weighted by molar-refractivity contribution is 7.08. The van der Waals surface area contributed by atoms with Crippen LogP contribution in [0.15, 0.2) is 47.7 Å². The van der Waals surface area contributed by atoms with Crippen molar-refractivity contribution >= 4 is 28.9 Å². The van der Waals surface area contributed by atoms with Crippen LogP contribution in [0.2, 0.25) is 0 Å². The van der Waals surface area contributed by atoms with Gasteiger partial charge in [0.25, 0.3) is 0 Å². The maximum atomic E-state index is 12.1. The Balaban J connectivity index is 1.33. The maximum absolute atomic E-state index is 12.1. The first-order chi connectivity index (χ1) is 18.8. The van der Waals surface area contributed by atoms with Crippen LogP contribution in [-0.2, 0) is 11.2 Å². The number of alkyl carbamates (subject to hydrolysis) is 1. The predicted octanol–water partition coefficient (Wildman–Crippen LogP) is 4.24. The lowest BCUT2D eigenvalue weighted by Gasteiger charge is -2.33. The average molecular weight is 549 g/mol. The van der Waals surface area contributed by atoms with E-state index in [4.69, 9.17) is 14.7 Å². The largest absolute Gasteiger partial charge is 0.444 e. The molecule has 11 heteroatoms. The van der Waals surface area contributed by atoms with Crippen LogP contribution in [0.3, 0.4) is 0 Å². The molecule has 0 aliphatic carbocycles. The minimum absolute atomic E-state index is 0.164. The van der Waals surface area contributed by atoms with Gasteiger partial charge in [0, 0.05) is 57.7 Å². The Morgan fingerprint density at radius 1 is 1.13 bits per heavy atom. The van der Waals surface area contributed by atoms with E-state index in [1.54, 1.807) is 11.3 Å². The van der Waals surface area contributed by atoms with E-state index in [0.29, 0.717) is 13.0 Å². The maximum Gasteiger partial charge on any atom is 0.407 e. The van der Waals surface area contributed by atoms with Gasteiger partial charge in [-0.05, 0) is 68.6 Å². The summed E-state index contributed by atoms with van der Waals surface area (Å²) < 4.78 is 7.45. The van der Waals surface area contributed by atoms with Gasteiger partial charge in [0.05, 0.1) is 17.6 Å². The number of carbonyl (C=O) groups is 1. The van der Waals surface area contributed by atoms with Crippen LogP contribution >= 0.6 is 11.3 Å². The van der Waals surface area contributed by atoms with E-state index in [-0.39, 0.29) is 5.92 Å². The second-order valence-electron chi connectivity index (χ2n) is 10.9. The van der Waals surface area contributed by atoms with E-state index in [1.807, 2.05) is 51.6 Å². The molecule has 4 aromatic rings. The zero-order valence-corrected chi connectivity index (χ0v) is 23.8. The fourth-order valence-corrected chi connectivity index (χ4v) is 5.50. The van der Waals surface area contributed by atoms with Crippen molar-refractivity contribution in [3.8, 4) is 11.4 Å². The Morgan fingerprint density at radius 3 is 2.69 bits per heavy atom. The van der Waals surface area contributed by atoms with E-state index in [9.17, 15) is 4.79 Å². The Morgan fingerprint density at radius 2 is 1.95 bits per heavy atom. The highest BCUT2D eigenvalue weighted by atomic mass is 32.1. The van der Waals surface area contributed by atoms with Gasteiger partial charge >= 0.3 is 6.09 Å². The van der Waals surface area contributed by atoms with Crippen LogP contribution in [0, 0.1) is 0 Å². The second-order valence-corrected chi connectivity index (χ2v) is 11.7. The number of aromatic nitrogens is 5. The Labute approximate surface area is 233 Å². The number of fused-ring (bicyclic) bond motifs is 1. The van der Waals surface area contributed by atoms with Crippen molar-refractivity contribution < 1.29 is 9.53 Å². The third-order valence-electron chi connectivity index (χ3n) is 6.78. The van der Waals surface area contributed by atoms with Gasteiger partial charge in [0.2, 0.25) is 0 Å². The molecule has 1 atom stereocenters. The normalized spacial score (nSPS) is 15.4. The number of imidazole rings is 1. The quantitative estimate of drug-likeness (QED) is 0.349. The Bertz CT molecular complexity index is 1390. The summed E-state index contributed by atoms with van der Waals surface area (Å²) in [5.74, 6) is 1.82. The lowest BCUT2D eigenvalue weighted by Crippen LogP contribution is -2.45. The van der Waals surface area contributed by atoms with Gasteiger partial charge in [-0.2, -0.15) is 11.3 Å². The van der Waals surface area contributed by atoms with Gasteiger partial charge in [-0.15, -0.1) is 0 Å². The molecule has 1 N–H and O–H groups in total. The number of carbonyl (C=O) groups excluding carboxylic acids is 1. The molecule has 0 aromatic carbocycles. The molecular weight excluding hydrogens is 512 g/mol. The fourth-order valence-electron chi connectivity index (χ4n) is 4.75. The molecule has 0 saturated carbocycles. The van der Waals surface area contributed by atoms with Gasteiger partial charge in [-0.3, -0.25) is 4.40 Å². The monoisotopic (exact) mass is 548 g/mol.